The van der Waals surface area contributed by atoms with Crippen molar-refractivity contribution >= 4 is 33.4 Å². The van der Waals surface area contributed by atoms with E-state index in [2.05, 4.69) is 0 Å². The number of hydrogen-bond acceptors (Lipinski definition) is 5. The Morgan fingerprint density at radius 2 is 1.32 bits per heavy atom. The Morgan fingerprint density at radius 3 is 1.97 bits per heavy atom. The highest BCUT2D eigenvalue weighted by atomic mass is 32.2. The van der Waals surface area contributed by atoms with Crippen molar-refractivity contribution in [1.82, 2.24) is 9.21 Å². The Morgan fingerprint density at radius 1 is 0.742 bits per heavy atom. The van der Waals surface area contributed by atoms with Crippen LogP contribution in [0.25, 0.3) is 0 Å². The number of anilines is 1. The van der Waals surface area contributed by atoms with Gasteiger partial charge in [-0.1, -0.05) is 0 Å². The van der Waals surface area contributed by atoms with Crippen LogP contribution in [0.15, 0.2) is 17.0 Å². The zero-order chi connectivity index (χ0) is 21.5. The van der Waals surface area contributed by atoms with Gasteiger partial charge in [-0.15, -0.1) is 0 Å². The molecular formula is C22H25N3O5S. The molecule has 0 radical (unpaired) electrons. The fraction of sp³-hybridized carbons (Fsp3) is 0.591. The molecule has 31 heavy (non-hydrogen) atoms. The monoisotopic (exact) mass is 443 g/mol. The highest BCUT2D eigenvalue weighted by Gasteiger charge is 2.50. The van der Waals surface area contributed by atoms with Crippen molar-refractivity contribution in [2.45, 2.75) is 80.8 Å². The normalized spacial score (nSPS) is 30.5. The number of nitrogens with zero attached hydrogens (tertiary/aromatic N) is 3. The number of sulfonamides is 1. The molecule has 0 aliphatic carbocycles. The quantitative estimate of drug-likeness (QED) is 0.658. The van der Waals surface area contributed by atoms with Gasteiger partial charge in [-0.3, -0.25) is 19.3 Å². The SMILES string of the molecule is O=C1CCc2cc(S(=O)(=O)N3C4CCC3CC(N3C(=O)CCC3=O)C4)cc3c2N1CC3. The van der Waals surface area contributed by atoms with Gasteiger partial charge in [-0.05, 0) is 61.8 Å². The van der Waals surface area contributed by atoms with Gasteiger partial charge in [0.05, 0.1) is 10.6 Å². The average molecular weight is 444 g/mol. The summed E-state index contributed by atoms with van der Waals surface area (Å²) in [6.45, 7) is 0.624. The highest BCUT2D eigenvalue weighted by Crippen LogP contribution is 2.44. The molecule has 3 fully saturated rings. The molecule has 6 rings (SSSR count). The molecule has 2 atom stereocenters. The number of aryl methyl sites for hydroxylation is 1. The van der Waals surface area contributed by atoms with Crippen molar-refractivity contribution in [3.05, 3.63) is 23.3 Å². The van der Waals surface area contributed by atoms with E-state index in [-0.39, 0.29) is 48.7 Å². The van der Waals surface area contributed by atoms with Crippen LogP contribution in [-0.2, 0) is 37.2 Å². The van der Waals surface area contributed by atoms with E-state index in [0.717, 1.165) is 29.7 Å². The molecule has 0 saturated carbocycles. The van der Waals surface area contributed by atoms with Gasteiger partial charge in [-0.2, -0.15) is 4.31 Å². The lowest BCUT2D eigenvalue weighted by atomic mass is 9.98. The Bertz CT molecular complexity index is 1100. The Labute approximate surface area is 181 Å². The number of carbonyl (C=O) groups is 3. The van der Waals surface area contributed by atoms with Crippen molar-refractivity contribution < 1.29 is 22.8 Å². The van der Waals surface area contributed by atoms with Crippen LogP contribution in [0.5, 0.6) is 0 Å². The largest absolute Gasteiger partial charge is 0.312 e. The summed E-state index contributed by atoms with van der Waals surface area (Å²) in [5.74, 6) is -0.127. The van der Waals surface area contributed by atoms with Gasteiger partial charge < -0.3 is 4.90 Å². The maximum Gasteiger partial charge on any atom is 0.243 e. The Hall–Kier alpha value is -2.26. The third kappa shape index (κ3) is 2.75. The van der Waals surface area contributed by atoms with Crippen LogP contribution in [0.2, 0.25) is 0 Å². The number of amides is 3. The molecule has 5 aliphatic rings. The van der Waals surface area contributed by atoms with Crippen molar-refractivity contribution in [3.63, 3.8) is 0 Å². The van der Waals surface area contributed by atoms with E-state index in [1.807, 2.05) is 0 Å². The van der Waals surface area contributed by atoms with E-state index in [4.69, 9.17) is 0 Å². The number of imide groups is 1. The summed E-state index contributed by atoms with van der Waals surface area (Å²) in [5, 5.41) is 0. The van der Waals surface area contributed by atoms with Crippen LogP contribution in [0.3, 0.4) is 0 Å². The summed E-state index contributed by atoms with van der Waals surface area (Å²) < 4.78 is 29.1. The lowest BCUT2D eigenvalue weighted by molar-refractivity contribution is -0.142. The second kappa shape index (κ2) is 6.62. The molecule has 5 heterocycles. The Kier molecular flexibility index (Phi) is 4.15. The van der Waals surface area contributed by atoms with E-state index < -0.39 is 10.0 Å². The maximum absolute atomic E-state index is 13.7. The van der Waals surface area contributed by atoms with Gasteiger partial charge in [0, 0.05) is 43.9 Å². The van der Waals surface area contributed by atoms with Crippen LogP contribution in [0.4, 0.5) is 5.69 Å². The van der Waals surface area contributed by atoms with Gasteiger partial charge in [0.1, 0.15) is 0 Å². The van der Waals surface area contributed by atoms with E-state index in [1.165, 1.54) is 4.90 Å². The molecule has 164 valence electrons. The van der Waals surface area contributed by atoms with Gasteiger partial charge in [0.2, 0.25) is 27.7 Å². The predicted molar refractivity (Wildman–Crippen MR) is 111 cm³/mol. The number of hydrogen-bond donors (Lipinski definition) is 0. The molecule has 1 aromatic carbocycles. The summed E-state index contributed by atoms with van der Waals surface area (Å²) >= 11 is 0. The molecule has 2 unspecified atom stereocenters. The zero-order valence-corrected chi connectivity index (χ0v) is 18.1. The first-order valence-corrected chi connectivity index (χ1v) is 12.6. The van der Waals surface area contributed by atoms with Crippen molar-refractivity contribution in [1.29, 1.82) is 0 Å². The van der Waals surface area contributed by atoms with Crippen LogP contribution in [0, 0.1) is 0 Å². The standard InChI is InChI=1S/C22H25N3O5S/c26-19-4-1-13-9-18(10-14-7-8-23(19)22(13)14)31(29,30)25-15-2-3-16(25)12-17(11-15)24-20(27)5-6-21(24)28/h9-10,15-17H,1-8,11-12H2. The molecule has 3 amide bonds. The molecule has 9 heteroatoms. The van der Waals surface area contributed by atoms with Gasteiger partial charge >= 0.3 is 0 Å². The smallest absolute Gasteiger partial charge is 0.243 e. The summed E-state index contributed by atoms with van der Waals surface area (Å²) in [4.78, 5) is 40.1. The average Bonchev–Trinajstić information content (AvgIpc) is 3.40. The van der Waals surface area contributed by atoms with Gasteiger partial charge in [0.15, 0.2) is 0 Å². The van der Waals surface area contributed by atoms with Gasteiger partial charge in [-0.25, -0.2) is 8.42 Å². The van der Waals surface area contributed by atoms with Crippen LogP contribution < -0.4 is 4.90 Å². The number of fused-ring (bicyclic) bond motifs is 2. The predicted octanol–water partition coefficient (Wildman–Crippen LogP) is 1.35. The molecular weight excluding hydrogens is 418 g/mol. The van der Waals surface area contributed by atoms with E-state index in [9.17, 15) is 22.8 Å². The third-order valence-electron chi connectivity index (χ3n) is 7.70. The van der Waals surface area contributed by atoms with Crippen LogP contribution in [-0.4, -0.2) is 60.0 Å². The zero-order valence-electron chi connectivity index (χ0n) is 17.2. The number of piperidine rings is 1. The maximum atomic E-state index is 13.7. The molecule has 0 spiro atoms. The van der Waals surface area contributed by atoms with Crippen molar-refractivity contribution in [3.8, 4) is 0 Å². The van der Waals surface area contributed by atoms with E-state index in [1.54, 1.807) is 21.3 Å². The number of likely N-dealkylation sites (tertiary alicyclic amines) is 1. The first kappa shape index (κ1) is 19.4. The third-order valence-corrected chi connectivity index (χ3v) is 9.68. The molecule has 1 aromatic rings. The Balaban J connectivity index is 1.32. The minimum Gasteiger partial charge on any atom is -0.312 e. The van der Waals surface area contributed by atoms with E-state index in [0.29, 0.717) is 43.5 Å². The topological polar surface area (TPSA) is 95.1 Å². The lowest BCUT2D eigenvalue weighted by Crippen LogP contribution is -2.53. The number of benzene rings is 1. The van der Waals surface area contributed by atoms with E-state index >= 15 is 0 Å². The molecule has 3 saturated heterocycles. The van der Waals surface area contributed by atoms with Crippen LogP contribution in [0.1, 0.15) is 56.1 Å². The first-order chi connectivity index (χ1) is 14.8. The van der Waals surface area contributed by atoms with Crippen molar-refractivity contribution in [2.24, 2.45) is 0 Å². The molecule has 8 nitrogen and oxygen atoms in total. The first-order valence-electron chi connectivity index (χ1n) is 11.2. The molecule has 0 aromatic heterocycles. The summed E-state index contributed by atoms with van der Waals surface area (Å²) in [7, 11) is -3.69. The molecule has 0 N–H and O–H groups in total. The summed E-state index contributed by atoms with van der Waals surface area (Å²) in [5.41, 5.74) is 2.81. The lowest BCUT2D eigenvalue weighted by Gasteiger charge is -2.40. The minimum absolute atomic E-state index is 0.119. The molecule has 5 aliphatic heterocycles. The van der Waals surface area contributed by atoms with Gasteiger partial charge in [0.25, 0.3) is 0 Å². The second-order valence-corrected chi connectivity index (χ2v) is 11.2. The number of carbonyl (C=O) groups excluding carboxylic acids is 3. The van der Waals surface area contributed by atoms with Crippen LogP contribution >= 0.6 is 0 Å². The fourth-order valence-corrected chi connectivity index (χ4v) is 8.40. The fourth-order valence-electron chi connectivity index (χ4n) is 6.41. The van der Waals surface area contributed by atoms with Crippen molar-refractivity contribution in [2.75, 3.05) is 11.4 Å². The summed E-state index contributed by atoms with van der Waals surface area (Å²) in [6.07, 6.45) is 4.79. The highest BCUT2D eigenvalue weighted by molar-refractivity contribution is 7.89. The molecule has 2 bridgehead atoms. The minimum atomic E-state index is -3.69. The number of rotatable bonds is 3. The summed E-state index contributed by atoms with van der Waals surface area (Å²) in [6, 6.07) is 2.96. The second-order valence-electron chi connectivity index (χ2n) is 9.39.